The Morgan fingerprint density at radius 3 is 2.67 bits per heavy atom. The summed E-state index contributed by atoms with van der Waals surface area (Å²) in [6, 6.07) is 3.78. The van der Waals surface area contributed by atoms with Crippen LogP contribution in [0, 0.1) is 5.41 Å². The van der Waals surface area contributed by atoms with E-state index in [4.69, 9.17) is 11.6 Å². The lowest BCUT2D eigenvalue weighted by Gasteiger charge is -2.20. The van der Waals surface area contributed by atoms with Crippen LogP contribution in [0.25, 0.3) is 0 Å². The number of Topliss-reactive ketones (excluding diaryl/α,β-unsaturated/α-hetero) is 1. The summed E-state index contributed by atoms with van der Waals surface area (Å²) < 4.78 is 0. The SMILES string of the molecule is CC(C)(C)C(=O)C(Cl)Cc1cccnc1. The maximum atomic E-state index is 11.8. The van der Waals surface area contributed by atoms with E-state index in [1.165, 1.54) is 0 Å². The van der Waals surface area contributed by atoms with Crippen LogP contribution in [0.1, 0.15) is 26.3 Å². The Labute approximate surface area is 95.7 Å². The van der Waals surface area contributed by atoms with Gasteiger partial charge in [-0.1, -0.05) is 26.8 Å². The molecule has 1 atom stereocenters. The van der Waals surface area contributed by atoms with E-state index in [1.54, 1.807) is 12.4 Å². The molecule has 3 heteroatoms. The minimum atomic E-state index is -0.464. The predicted octanol–water partition coefficient (Wildman–Crippen LogP) is 2.85. The zero-order valence-electron chi connectivity index (χ0n) is 9.33. The molecule has 0 aliphatic heterocycles. The third-order valence-electron chi connectivity index (χ3n) is 2.16. The van der Waals surface area contributed by atoms with E-state index in [2.05, 4.69) is 4.98 Å². The van der Waals surface area contributed by atoms with Gasteiger partial charge in [0.05, 0.1) is 5.38 Å². The minimum absolute atomic E-state index is 0.0769. The van der Waals surface area contributed by atoms with Crippen LogP contribution in [0.2, 0.25) is 0 Å². The van der Waals surface area contributed by atoms with E-state index in [0.717, 1.165) is 5.56 Å². The van der Waals surface area contributed by atoms with Crippen molar-refractivity contribution in [1.29, 1.82) is 0 Å². The average molecular weight is 226 g/mol. The van der Waals surface area contributed by atoms with Gasteiger partial charge in [0.25, 0.3) is 0 Å². The first-order chi connectivity index (χ1) is 6.91. The fraction of sp³-hybridized carbons (Fsp3) is 0.500. The Hall–Kier alpha value is -0.890. The van der Waals surface area contributed by atoms with Gasteiger partial charge >= 0.3 is 0 Å². The monoisotopic (exact) mass is 225 g/mol. The van der Waals surface area contributed by atoms with Gasteiger partial charge < -0.3 is 0 Å². The lowest BCUT2D eigenvalue weighted by atomic mass is 9.87. The number of alkyl halides is 1. The molecule has 0 spiro atoms. The Bertz CT molecular complexity index is 329. The standard InChI is InChI=1S/C12H16ClNO/c1-12(2,3)11(15)10(13)7-9-5-4-6-14-8-9/h4-6,8,10H,7H2,1-3H3. The van der Waals surface area contributed by atoms with Crippen LogP contribution in [0.5, 0.6) is 0 Å². The number of hydrogen-bond acceptors (Lipinski definition) is 2. The molecular weight excluding hydrogens is 210 g/mol. The van der Waals surface area contributed by atoms with Gasteiger partial charge in [-0.2, -0.15) is 0 Å². The summed E-state index contributed by atoms with van der Waals surface area (Å²) in [6.07, 6.45) is 4.00. The predicted molar refractivity (Wildman–Crippen MR) is 62.0 cm³/mol. The Balaban J connectivity index is 2.65. The third-order valence-corrected chi connectivity index (χ3v) is 2.51. The average Bonchev–Trinajstić information content (AvgIpc) is 2.16. The second kappa shape index (κ2) is 4.75. The molecule has 0 saturated heterocycles. The maximum Gasteiger partial charge on any atom is 0.156 e. The molecule has 0 aromatic carbocycles. The number of aromatic nitrogens is 1. The van der Waals surface area contributed by atoms with E-state index >= 15 is 0 Å². The van der Waals surface area contributed by atoms with Crippen LogP contribution in [-0.4, -0.2) is 16.1 Å². The lowest BCUT2D eigenvalue weighted by molar-refractivity contribution is -0.125. The smallest absolute Gasteiger partial charge is 0.156 e. The van der Waals surface area contributed by atoms with Crippen molar-refractivity contribution in [3.63, 3.8) is 0 Å². The summed E-state index contributed by atoms with van der Waals surface area (Å²) in [5.41, 5.74) is 0.615. The maximum absolute atomic E-state index is 11.8. The molecule has 0 N–H and O–H groups in total. The summed E-state index contributed by atoms with van der Waals surface area (Å²) in [4.78, 5) is 15.8. The number of nitrogens with zero attached hydrogens (tertiary/aromatic N) is 1. The highest BCUT2D eigenvalue weighted by molar-refractivity contribution is 6.31. The van der Waals surface area contributed by atoms with Gasteiger partial charge in [0.1, 0.15) is 0 Å². The molecule has 0 amide bonds. The summed E-state index contributed by atoms with van der Waals surface area (Å²) in [5.74, 6) is 0.0769. The fourth-order valence-corrected chi connectivity index (χ4v) is 1.79. The van der Waals surface area contributed by atoms with Crippen molar-refractivity contribution in [1.82, 2.24) is 4.98 Å². The van der Waals surface area contributed by atoms with Crippen molar-refractivity contribution in [3.8, 4) is 0 Å². The van der Waals surface area contributed by atoms with E-state index in [1.807, 2.05) is 32.9 Å². The topological polar surface area (TPSA) is 30.0 Å². The second-order valence-corrected chi connectivity index (χ2v) is 5.17. The quantitative estimate of drug-likeness (QED) is 0.741. The van der Waals surface area contributed by atoms with Gasteiger partial charge in [-0.15, -0.1) is 11.6 Å². The van der Waals surface area contributed by atoms with Crippen molar-refractivity contribution in [2.75, 3.05) is 0 Å². The number of ketones is 1. The first-order valence-electron chi connectivity index (χ1n) is 4.98. The van der Waals surface area contributed by atoms with E-state index in [0.29, 0.717) is 6.42 Å². The van der Waals surface area contributed by atoms with Crippen LogP contribution in [0.3, 0.4) is 0 Å². The van der Waals surface area contributed by atoms with Crippen molar-refractivity contribution in [2.24, 2.45) is 5.41 Å². The number of halogens is 1. The van der Waals surface area contributed by atoms with Crippen molar-refractivity contribution in [3.05, 3.63) is 30.1 Å². The van der Waals surface area contributed by atoms with Gasteiger partial charge in [-0.25, -0.2) is 0 Å². The molecule has 0 fully saturated rings. The molecule has 0 saturated carbocycles. The summed E-state index contributed by atoms with van der Waals surface area (Å²) in [6.45, 7) is 5.65. The van der Waals surface area contributed by atoms with Gasteiger partial charge in [-0.3, -0.25) is 9.78 Å². The van der Waals surface area contributed by atoms with Crippen LogP contribution >= 0.6 is 11.6 Å². The Morgan fingerprint density at radius 1 is 1.53 bits per heavy atom. The van der Waals surface area contributed by atoms with Gasteiger partial charge in [0, 0.05) is 17.8 Å². The second-order valence-electron chi connectivity index (χ2n) is 4.65. The molecule has 1 rings (SSSR count). The van der Waals surface area contributed by atoms with Gasteiger partial charge in [0.15, 0.2) is 5.78 Å². The van der Waals surface area contributed by atoms with Crippen LogP contribution in [-0.2, 0) is 11.2 Å². The minimum Gasteiger partial charge on any atom is -0.297 e. The summed E-state index contributed by atoms with van der Waals surface area (Å²) in [7, 11) is 0. The van der Waals surface area contributed by atoms with E-state index in [9.17, 15) is 4.79 Å². The van der Waals surface area contributed by atoms with Crippen molar-refractivity contribution < 1.29 is 4.79 Å². The summed E-state index contributed by atoms with van der Waals surface area (Å²) >= 11 is 6.07. The lowest BCUT2D eigenvalue weighted by Crippen LogP contribution is -2.30. The molecule has 2 nitrogen and oxygen atoms in total. The molecule has 1 aromatic heterocycles. The molecule has 15 heavy (non-hydrogen) atoms. The number of pyridine rings is 1. The van der Waals surface area contributed by atoms with Crippen LogP contribution < -0.4 is 0 Å². The normalized spacial score (nSPS) is 13.6. The first-order valence-corrected chi connectivity index (χ1v) is 5.42. The van der Waals surface area contributed by atoms with Gasteiger partial charge in [-0.05, 0) is 18.1 Å². The number of carbonyl (C=O) groups excluding carboxylic acids is 1. The largest absolute Gasteiger partial charge is 0.297 e. The molecular formula is C12H16ClNO. The van der Waals surface area contributed by atoms with Crippen molar-refractivity contribution in [2.45, 2.75) is 32.6 Å². The third kappa shape index (κ3) is 3.63. The van der Waals surface area contributed by atoms with Crippen LogP contribution in [0.15, 0.2) is 24.5 Å². The molecule has 1 unspecified atom stereocenters. The van der Waals surface area contributed by atoms with E-state index in [-0.39, 0.29) is 11.2 Å². The summed E-state index contributed by atoms with van der Waals surface area (Å²) in [5, 5.41) is -0.464. The Kier molecular flexibility index (Phi) is 3.86. The highest BCUT2D eigenvalue weighted by Crippen LogP contribution is 2.21. The van der Waals surface area contributed by atoms with E-state index < -0.39 is 5.38 Å². The first kappa shape index (κ1) is 12.2. The van der Waals surface area contributed by atoms with Crippen LogP contribution in [0.4, 0.5) is 0 Å². The zero-order valence-corrected chi connectivity index (χ0v) is 10.1. The molecule has 0 aliphatic rings. The van der Waals surface area contributed by atoms with Crippen molar-refractivity contribution >= 4 is 17.4 Å². The molecule has 0 bridgehead atoms. The molecule has 0 radical (unpaired) electrons. The molecule has 1 aromatic rings. The molecule has 82 valence electrons. The molecule has 0 aliphatic carbocycles. The number of hydrogen-bond donors (Lipinski definition) is 0. The highest BCUT2D eigenvalue weighted by Gasteiger charge is 2.28. The fourth-order valence-electron chi connectivity index (χ4n) is 1.29. The highest BCUT2D eigenvalue weighted by atomic mass is 35.5. The Morgan fingerprint density at radius 2 is 2.20 bits per heavy atom. The zero-order chi connectivity index (χ0) is 11.5. The number of rotatable bonds is 3. The number of carbonyl (C=O) groups is 1. The molecule has 1 heterocycles. The van der Waals surface area contributed by atoms with Gasteiger partial charge in [0.2, 0.25) is 0 Å².